The number of ether oxygens (including phenoxy) is 2. The van der Waals surface area contributed by atoms with E-state index in [1.165, 1.54) is 24.1 Å². The number of benzene rings is 2. The molecule has 3 rings (SSSR count). The van der Waals surface area contributed by atoms with Crippen molar-refractivity contribution in [2.75, 3.05) is 43.8 Å². The Bertz CT molecular complexity index is 1180. The van der Waals surface area contributed by atoms with E-state index in [1.54, 1.807) is 19.1 Å². The fourth-order valence-corrected chi connectivity index (χ4v) is 4.98. The van der Waals surface area contributed by atoms with Gasteiger partial charge in [-0.1, -0.05) is 13.0 Å². The number of anilines is 1. The summed E-state index contributed by atoms with van der Waals surface area (Å²) in [6, 6.07) is 7.73. The number of piperazine rings is 1. The van der Waals surface area contributed by atoms with Crippen LogP contribution in [0, 0.1) is 5.82 Å². The Hall–Kier alpha value is -3.06. The zero-order valence-corrected chi connectivity index (χ0v) is 20.6. The SMILES string of the molecule is CCCS(=O)(=O)Nc1ccc(C(=O)N2CCN(Cc3c(F)cccc3OC)CC2)cc1OC(F)(F)F. The molecule has 2 aromatic rings. The molecule has 0 unspecified atom stereocenters. The van der Waals surface area contributed by atoms with Gasteiger partial charge in [0.05, 0.1) is 18.6 Å². The third-order valence-corrected chi connectivity index (χ3v) is 7.01. The molecule has 1 amide bonds. The Labute approximate surface area is 206 Å². The molecule has 1 aliphatic heterocycles. The van der Waals surface area contributed by atoms with Gasteiger partial charge in [0.15, 0.2) is 5.75 Å². The average Bonchev–Trinajstić information content (AvgIpc) is 2.80. The maximum atomic E-state index is 14.2. The number of nitrogens with zero attached hydrogens (tertiary/aromatic N) is 2. The van der Waals surface area contributed by atoms with E-state index in [-0.39, 0.29) is 37.4 Å². The van der Waals surface area contributed by atoms with Crippen LogP contribution in [0.1, 0.15) is 29.3 Å². The van der Waals surface area contributed by atoms with Crippen LogP contribution in [-0.4, -0.2) is 69.5 Å². The van der Waals surface area contributed by atoms with Crippen LogP contribution in [0.3, 0.4) is 0 Å². The summed E-state index contributed by atoms with van der Waals surface area (Å²) >= 11 is 0. The third kappa shape index (κ3) is 7.23. The molecule has 1 saturated heterocycles. The van der Waals surface area contributed by atoms with Gasteiger partial charge in [0.2, 0.25) is 10.0 Å². The van der Waals surface area contributed by atoms with Crippen LogP contribution in [-0.2, 0) is 16.6 Å². The molecule has 0 aromatic heterocycles. The standard InChI is InChI=1S/C23H27F4N3O5S/c1-3-13-36(32,33)28-19-8-7-16(14-21(19)35-23(25,26)27)22(31)30-11-9-29(10-12-30)15-17-18(24)5-4-6-20(17)34-2/h4-8,14,28H,3,9-13,15H2,1-2H3. The first-order valence-electron chi connectivity index (χ1n) is 11.2. The topological polar surface area (TPSA) is 88.2 Å². The first kappa shape index (κ1) is 27.5. The lowest BCUT2D eigenvalue weighted by molar-refractivity contribution is -0.274. The molecule has 8 nitrogen and oxygen atoms in total. The molecule has 0 bridgehead atoms. The minimum absolute atomic E-state index is 0.0862. The molecular weight excluding hydrogens is 506 g/mol. The molecule has 0 radical (unpaired) electrons. The second-order valence-electron chi connectivity index (χ2n) is 8.17. The zero-order valence-electron chi connectivity index (χ0n) is 19.8. The van der Waals surface area contributed by atoms with Crippen LogP contribution in [0.2, 0.25) is 0 Å². The summed E-state index contributed by atoms with van der Waals surface area (Å²) in [6.07, 6.45) is -4.83. The number of nitrogens with one attached hydrogen (secondary N) is 1. The Morgan fingerprint density at radius 1 is 1.08 bits per heavy atom. The van der Waals surface area contributed by atoms with Crippen molar-refractivity contribution in [2.24, 2.45) is 0 Å². The summed E-state index contributed by atoms with van der Waals surface area (Å²) < 4.78 is 88.5. The number of halogens is 4. The lowest BCUT2D eigenvalue weighted by atomic mass is 10.1. The van der Waals surface area contributed by atoms with Gasteiger partial charge in [0.25, 0.3) is 5.91 Å². The van der Waals surface area contributed by atoms with Gasteiger partial charge in [-0.2, -0.15) is 0 Å². The third-order valence-electron chi connectivity index (χ3n) is 5.53. The van der Waals surface area contributed by atoms with E-state index in [4.69, 9.17) is 4.74 Å². The van der Waals surface area contributed by atoms with Crippen molar-refractivity contribution in [2.45, 2.75) is 26.3 Å². The molecule has 1 fully saturated rings. The van der Waals surface area contributed by atoms with E-state index in [1.807, 2.05) is 4.90 Å². The summed E-state index contributed by atoms with van der Waals surface area (Å²) in [5.74, 6) is -1.63. The molecule has 1 heterocycles. The molecule has 198 valence electrons. The molecule has 0 saturated carbocycles. The molecule has 0 aliphatic carbocycles. The smallest absolute Gasteiger partial charge is 0.496 e. The van der Waals surface area contributed by atoms with Crippen LogP contribution in [0.15, 0.2) is 36.4 Å². The maximum absolute atomic E-state index is 14.2. The zero-order chi connectivity index (χ0) is 26.5. The highest BCUT2D eigenvalue weighted by Gasteiger charge is 2.33. The summed E-state index contributed by atoms with van der Waals surface area (Å²) in [7, 11) is -2.44. The first-order chi connectivity index (χ1) is 16.9. The highest BCUT2D eigenvalue weighted by atomic mass is 32.2. The van der Waals surface area contributed by atoms with Gasteiger partial charge >= 0.3 is 6.36 Å². The fraction of sp³-hybridized carbons (Fsp3) is 0.435. The minimum Gasteiger partial charge on any atom is -0.496 e. The first-order valence-corrected chi connectivity index (χ1v) is 12.8. The lowest BCUT2D eigenvalue weighted by Gasteiger charge is -2.35. The number of hydrogen-bond acceptors (Lipinski definition) is 6. The molecule has 0 atom stereocenters. The predicted octanol–water partition coefficient (Wildman–Crippen LogP) is 3.84. The lowest BCUT2D eigenvalue weighted by Crippen LogP contribution is -2.48. The van der Waals surface area contributed by atoms with Crippen LogP contribution < -0.4 is 14.2 Å². The number of carbonyl (C=O) groups excluding carboxylic acids is 1. The quantitative estimate of drug-likeness (QED) is 0.493. The van der Waals surface area contributed by atoms with E-state index in [2.05, 4.69) is 9.46 Å². The Morgan fingerprint density at radius 3 is 2.39 bits per heavy atom. The second kappa shape index (κ2) is 11.3. The minimum atomic E-state index is -5.09. The van der Waals surface area contributed by atoms with Gasteiger partial charge < -0.3 is 14.4 Å². The van der Waals surface area contributed by atoms with E-state index in [9.17, 15) is 30.8 Å². The predicted molar refractivity (Wildman–Crippen MR) is 125 cm³/mol. The number of amides is 1. The van der Waals surface area contributed by atoms with Crippen LogP contribution in [0.4, 0.5) is 23.2 Å². The summed E-state index contributed by atoms with van der Waals surface area (Å²) in [6.45, 7) is 3.22. The van der Waals surface area contributed by atoms with Crippen molar-refractivity contribution in [1.29, 1.82) is 0 Å². The van der Waals surface area contributed by atoms with E-state index in [0.29, 0.717) is 24.4 Å². The monoisotopic (exact) mass is 533 g/mol. The summed E-state index contributed by atoms with van der Waals surface area (Å²) in [4.78, 5) is 16.4. The van der Waals surface area contributed by atoms with Gasteiger partial charge in [-0.05, 0) is 36.8 Å². The fourth-order valence-electron chi connectivity index (χ4n) is 3.83. The molecular formula is C23H27F4N3O5S. The highest BCUT2D eigenvalue weighted by Crippen LogP contribution is 2.33. The van der Waals surface area contributed by atoms with Gasteiger partial charge in [-0.15, -0.1) is 13.2 Å². The number of hydrogen-bond donors (Lipinski definition) is 1. The van der Waals surface area contributed by atoms with E-state index in [0.717, 1.165) is 12.1 Å². The van der Waals surface area contributed by atoms with Crippen molar-refractivity contribution in [3.05, 3.63) is 53.3 Å². The average molecular weight is 534 g/mol. The van der Waals surface area contributed by atoms with Crippen molar-refractivity contribution in [3.63, 3.8) is 0 Å². The Kier molecular flexibility index (Phi) is 8.67. The largest absolute Gasteiger partial charge is 0.573 e. The number of carbonyl (C=O) groups is 1. The molecule has 13 heteroatoms. The van der Waals surface area contributed by atoms with Crippen molar-refractivity contribution in [1.82, 2.24) is 9.80 Å². The summed E-state index contributed by atoms with van der Waals surface area (Å²) in [5, 5.41) is 0. The Balaban J connectivity index is 1.72. The number of sulfonamides is 1. The number of rotatable bonds is 9. The van der Waals surface area contributed by atoms with Crippen LogP contribution in [0.25, 0.3) is 0 Å². The van der Waals surface area contributed by atoms with Crippen LogP contribution >= 0.6 is 0 Å². The van der Waals surface area contributed by atoms with E-state index < -0.39 is 39.5 Å². The normalized spacial score (nSPS) is 15.0. The summed E-state index contributed by atoms with van der Waals surface area (Å²) in [5.41, 5.74) is -0.104. The van der Waals surface area contributed by atoms with Gasteiger partial charge in [0.1, 0.15) is 11.6 Å². The molecule has 0 spiro atoms. The molecule has 1 N–H and O–H groups in total. The van der Waals surface area contributed by atoms with Crippen molar-refractivity contribution >= 4 is 21.6 Å². The van der Waals surface area contributed by atoms with Gasteiger partial charge in [-0.25, -0.2) is 12.8 Å². The maximum Gasteiger partial charge on any atom is 0.573 e. The molecule has 1 aliphatic rings. The van der Waals surface area contributed by atoms with Crippen molar-refractivity contribution < 1.29 is 40.2 Å². The molecule has 2 aromatic carbocycles. The Morgan fingerprint density at radius 2 is 1.78 bits per heavy atom. The number of methoxy groups -OCH3 is 1. The highest BCUT2D eigenvalue weighted by molar-refractivity contribution is 7.92. The molecule has 36 heavy (non-hydrogen) atoms. The van der Waals surface area contributed by atoms with Crippen LogP contribution in [0.5, 0.6) is 11.5 Å². The number of alkyl halides is 3. The van der Waals surface area contributed by atoms with Gasteiger partial charge in [-0.3, -0.25) is 14.4 Å². The van der Waals surface area contributed by atoms with E-state index >= 15 is 0 Å². The van der Waals surface area contributed by atoms with Gasteiger partial charge in [0, 0.05) is 43.9 Å². The van der Waals surface area contributed by atoms with Crippen molar-refractivity contribution in [3.8, 4) is 11.5 Å². The second-order valence-corrected chi connectivity index (χ2v) is 10.0.